The highest BCUT2D eigenvalue weighted by Crippen LogP contribution is 2.23. The monoisotopic (exact) mass is 458 g/mol. The summed E-state index contributed by atoms with van der Waals surface area (Å²) in [5.74, 6) is -0.0140. The van der Waals surface area contributed by atoms with Gasteiger partial charge in [-0.2, -0.15) is 0 Å². The minimum absolute atomic E-state index is 0.0296. The number of urea groups is 1. The number of carbonyl (C=O) groups excluding carboxylic acids is 2. The van der Waals surface area contributed by atoms with E-state index in [2.05, 4.69) is 27.7 Å². The van der Waals surface area contributed by atoms with Gasteiger partial charge in [0.05, 0.1) is 5.69 Å². The highest BCUT2D eigenvalue weighted by Gasteiger charge is 2.25. The second-order valence-electron chi connectivity index (χ2n) is 8.68. The molecule has 2 fully saturated rings. The van der Waals surface area contributed by atoms with Gasteiger partial charge in [-0.15, -0.1) is 11.3 Å². The smallest absolute Gasteiger partial charge is 0.317 e. The molecule has 0 bridgehead atoms. The molecule has 6 nitrogen and oxygen atoms in total. The standard InChI is InChI=1S/C24H31FN4O2S/c1-18(30)20-4-5-23(22(25)15-20)28-10-12-29(13-11-28)24(31)26-16-19-6-8-27(9-7-19)17-21-3-2-14-32-21/h2-5,14-15,19H,6-13,16-17H2,1H3,(H,26,31). The summed E-state index contributed by atoms with van der Waals surface area (Å²) in [6, 6.07) is 8.87. The number of thiophene rings is 1. The third-order valence-corrected chi connectivity index (χ3v) is 7.33. The highest BCUT2D eigenvalue weighted by atomic mass is 32.1. The van der Waals surface area contributed by atoms with Gasteiger partial charge < -0.3 is 15.1 Å². The van der Waals surface area contributed by atoms with E-state index < -0.39 is 0 Å². The molecule has 172 valence electrons. The van der Waals surface area contributed by atoms with E-state index in [1.807, 2.05) is 9.80 Å². The maximum Gasteiger partial charge on any atom is 0.317 e. The molecule has 1 aromatic carbocycles. The fourth-order valence-electron chi connectivity index (χ4n) is 4.45. The van der Waals surface area contributed by atoms with Gasteiger partial charge in [0, 0.05) is 49.7 Å². The first-order valence-corrected chi connectivity index (χ1v) is 12.2. The Balaban J connectivity index is 1.18. The molecule has 2 aromatic rings. The number of hydrogen-bond donors (Lipinski definition) is 1. The van der Waals surface area contributed by atoms with Gasteiger partial charge in [-0.3, -0.25) is 9.69 Å². The van der Waals surface area contributed by atoms with E-state index in [-0.39, 0.29) is 17.6 Å². The molecule has 0 aliphatic carbocycles. The predicted octanol–water partition coefficient (Wildman–Crippen LogP) is 3.83. The maximum absolute atomic E-state index is 14.4. The van der Waals surface area contributed by atoms with E-state index in [0.29, 0.717) is 49.9 Å². The Bertz CT molecular complexity index is 920. The third-order valence-electron chi connectivity index (χ3n) is 6.47. The van der Waals surface area contributed by atoms with Crippen LogP contribution < -0.4 is 10.2 Å². The van der Waals surface area contributed by atoms with Crippen LogP contribution in [0.4, 0.5) is 14.9 Å². The fraction of sp³-hybridized carbons (Fsp3) is 0.500. The normalized spacial score (nSPS) is 18.1. The first-order valence-electron chi connectivity index (χ1n) is 11.3. The SMILES string of the molecule is CC(=O)c1ccc(N2CCN(C(=O)NCC3CCN(Cc4cccs4)CC3)CC2)c(F)c1. The molecular weight excluding hydrogens is 427 g/mol. The Morgan fingerprint density at radius 1 is 1.09 bits per heavy atom. The molecule has 2 amide bonds. The summed E-state index contributed by atoms with van der Waals surface area (Å²) in [5, 5.41) is 5.23. The number of carbonyl (C=O) groups is 2. The van der Waals surface area contributed by atoms with Crippen molar-refractivity contribution in [3.63, 3.8) is 0 Å². The second kappa shape index (κ2) is 10.4. The predicted molar refractivity (Wildman–Crippen MR) is 126 cm³/mol. The summed E-state index contributed by atoms with van der Waals surface area (Å²) in [4.78, 5) is 31.7. The number of benzene rings is 1. The largest absolute Gasteiger partial charge is 0.366 e. The molecule has 1 aromatic heterocycles. The number of Topliss-reactive ketones (excluding diaryl/α,β-unsaturated/α-hetero) is 1. The molecule has 2 aliphatic heterocycles. The van der Waals surface area contributed by atoms with Crippen LogP contribution in [-0.4, -0.2) is 67.4 Å². The quantitative estimate of drug-likeness (QED) is 0.669. The summed E-state index contributed by atoms with van der Waals surface area (Å²) in [5.41, 5.74) is 0.867. The van der Waals surface area contributed by atoms with E-state index in [0.717, 1.165) is 32.5 Å². The lowest BCUT2D eigenvalue weighted by molar-refractivity contribution is 0.101. The molecule has 8 heteroatoms. The van der Waals surface area contributed by atoms with Crippen molar-refractivity contribution in [2.45, 2.75) is 26.3 Å². The van der Waals surface area contributed by atoms with E-state index in [4.69, 9.17) is 0 Å². The van der Waals surface area contributed by atoms with Crippen LogP contribution in [0, 0.1) is 11.7 Å². The topological polar surface area (TPSA) is 55.9 Å². The maximum atomic E-state index is 14.4. The van der Waals surface area contributed by atoms with Crippen LogP contribution >= 0.6 is 11.3 Å². The Morgan fingerprint density at radius 3 is 2.47 bits per heavy atom. The Kier molecular flexibility index (Phi) is 7.42. The molecule has 0 atom stereocenters. The van der Waals surface area contributed by atoms with E-state index >= 15 is 0 Å². The van der Waals surface area contributed by atoms with Crippen LogP contribution in [0.1, 0.15) is 35.0 Å². The molecule has 2 aliphatic rings. The van der Waals surface area contributed by atoms with Crippen LogP contribution in [0.15, 0.2) is 35.7 Å². The number of nitrogens with zero attached hydrogens (tertiary/aromatic N) is 3. The van der Waals surface area contributed by atoms with Crippen LogP contribution in [0.25, 0.3) is 0 Å². The highest BCUT2D eigenvalue weighted by molar-refractivity contribution is 7.09. The van der Waals surface area contributed by atoms with Crippen molar-refractivity contribution in [2.75, 3.05) is 50.7 Å². The molecule has 2 saturated heterocycles. The first-order chi connectivity index (χ1) is 15.5. The molecular formula is C24H31FN4O2S. The second-order valence-corrected chi connectivity index (χ2v) is 9.71. The lowest BCUT2D eigenvalue weighted by atomic mass is 9.97. The average molecular weight is 459 g/mol. The number of amides is 2. The third kappa shape index (κ3) is 5.66. The lowest BCUT2D eigenvalue weighted by Gasteiger charge is -2.37. The van der Waals surface area contributed by atoms with Crippen LogP contribution in [-0.2, 0) is 6.54 Å². The Hall–Kier alpha value is -2.45. The minimum Gasteiger partial charge on any atom is -0.366 e. The molecule has 0 unspecified atom stereocenters. The first kappa shape index (κ1) is 22.7. The summed E-state index contributed by atoms with van der Waals surface area (Å²) >= 11 is 1.81. The van der Waals surface area contributed by atoms with Gasteiger partial charge in [-0.05, 0) is 68.4 Å². The van der Waals surface area contributed by atoms with Gasteiger partial charge in [0.2, 0.25) is 0 Å². The average Bonchev–Trinajstić information content (AvgIpc) is 3.31. The zero-order valence-electron chi connectivity index (χ0n) is 18.6. The zero-order valence-corrected chi connectivity index (χ0v) is 19.4. The van der Waals surface area contributed by atoms with Gasteiger partial charge in [0.25, 0.3) is 0 Å². The number of piperazine rings is 1. The molecule has 0 saturated carbocycles. The Morgan fingerprint density at radius 2 is 1.84 bits per heavy atom. The number of ketones is 1. The van der Waals surface area contributed by atoms with Crippen molar-refractivity contribution in [2.24, 2.45) is 5.92 Å². The van der Waals surface area contributed by atoms with Gasteiger partial charge in [-0.1, -0.05) is 6.07 Å². The fourth-order valence-corrected chi connectivity index (χ4v) is 5.19. The van der Waals surface area contributed by atoms with E-state index in [1.54, 1.807) is 23.5 Å². The summed E-state index contributed by atoms with van der Waals surface area (Å²) in [6.45, 7) is 7.58. The number of hydrogen-bond acceptors (Lipinski definition) is 5. The van der Waals surface area contributed by atoms with Crippen molar-refractivity contribution in [1.29, 1.82) is 0 Å². The summed E-state index contributed by atoms with van der Waals surface area (Å²) in [6.07, 6.45) is 2.21. The van der Waals surface area contributed by atoms with Gasteiger partial charge in [0.1, 0.15) is 5.82 Å². The number of rotatable bonds is 6. The van der Waals surface area contributed by atoms with E-state index in [1.165, 1.54) is 17.9 Å². The van der Waals surface area contributed by atoms with Gasteiger partial charge in [-0.25, -0.2) is 9.18 Å². The van der Waals surface area contributed by atoms with Crippen LogP contribution in [0.2, 0.25) is 0 Å². The number of nitrogens with one attached hydrogen (secondary N) is 1. The number of anilines is 1. The Labute approximate surface area is 193 Å². The molecule has 0 spiro atoms. The van der Waals surface area contributed by atoms with Crippen LogP contribution in [0.5, 0.6) is 0 Å². The van der Waals surface area contributed by atoms with Crippen molar-refractivity contribution in [3.8, 4) is 0 Å². The summed E-state index contributed by atoms with van der Waals surface area (Å²) < 4.78 is 14.4. The van der Waals surface area contributed by atoms with Crippen molar-refractivity contribution < 1.29 is 14.0 Å². The van der Waals surface area contributed by atoms with Crippen molar-refractivity contribution in [1.82, 2.24) is 15.1 Å². The molecule has 0 radical (unpaired) electrons. The number of piperidine rings is 1. The lowest BCUT2D eigenvalue weighted by Crippen LogP contribution is -2.52. The van der Waals surface area contributed by atoms with Crippen molar-refractivity contribution in [3.05, 3.63) is 52.0 Å². The molecule has 32 heavy (non-hydrogen) atoms. The van der Waals surface area contributed by atoms with Crippen molar-refractivity contribution >= 4 is 28.8 Å². The van der Waals surface area contributed by atoms with Gasteiger partial charge >= 0.3 is 6.03 Å². The number of halogens is 1. The van der Waals surface area contributed by atoms with E-state index in [9.17, 15) is 14.0 Å². The molecule has 1 N–H and O–H groups in total. The van der Waals surface area contributed by atoms with Crippen LogP contribution in [0.3, 0.4) is 0 Å². The molecule has 3 heterocycles. The summed E-state index contributed by atoms with van der Waals surface area (Å²) in [7, 11) is 0. The molecule has 4 rings (SSSR count). The zero-order chi connectivity index (χ0) is 22.5. The van der Waals surface area contributed by atoms with Gasteiger partial charge in [0.15, 0.2) is 5.78 Å². The minimum atomic E-state index is -0.388. The number of likely N-dealkylation sites (tertiary alicyclic amines) is 1.